The van der Waals surface area contributed by atoms with Crippen molar-refractivity contribution in [3.63, 3.8) is 0 Å². The summed E-state index contributed by atoms with van der Waals surface area (Å²) in [5, 5.41) is 10.6. The van der Waals surface area contributed by atoms with Crippen LogP contribution in [-0.2, 0) is 6.18 Å². The summed E-state index contributed by atoms with van der Waals surface area (Å²) in [6, 6.07) is 4.62. The molecule has 0 N–H and O–H groups in total. The molecule has 8 heteroatoms. The van der Waals surface area contributed by atoms with Gasteiger partial charge in [-0.15, -0.1) is 0 Å². The second kappa shape index (κ2) is 5.12. The molecule has 0 heterocycles. The molecular weight excluding hydrogens is 297 g/mol. The number of nitrogens with zero attached hydrogens (tertiary/aromatic N) is 1. The molecule has 0 aromatic heterocycles. The number of hydrogen-bond acceptors (Lipinski definition) is 2. The Morgan fingerprint density at radius 3 is 2.24 bits per heavy atom. The van der Waals surface area contributed by atoms with Gasteiger partial charge in [0.1, 0.15) is 0 Å². The molecule has 21 heavy (non-hydrogen) atoms. The Kier molecular flexibility index (Phi) is 3.63. The van der Waals surface area contributed by atoms with Gasteiger partial charge in [0.2, 0.25) is 0 Å². The van der Waals surface area contributed by atoms with Crippen LogP contribution in [0.15, 0.2) is 36.4 Å². The van der Waals surface area contributed by atoms with Crippen LogP contribution in [0.3, 0.4) is 0 Å². The van der Waals surface area contributed by atoms with Crippen molar-refractivity contribution in [3.8, 4) is 11.1 Å². The smallest absolute Gasteiger partial charge is 0.258 e. The molecule has 0 fully saturated rings. The Balaban J connectivity index is 2.74. The molecular formula is C13H6F5NO2. The highest BCUT2D eigenvalue weighted by molar-refractivity contribution is 5.70. The van der Waals surface area contributed by atoms with Gasteiger partial charge in [-0.1, -0.05) is 12.1 Å². The van der Waals surface area contributed by atoms with Crippen molar-refractivity contribution in [2.45, 2.75) is 6.18 Å². The van der Waals surface area contributed by atoms with Gasteiger partial charge < -0.3 is 0 Å². The van der Waals surface area contributed by atoms with Crippen LogP contribution in [0.5, 0.6) is 0 Å². The molecule has 0 saturated carbocycles. The highest BCUT2D eigenvalue weighted by Gasteiger charge is 2.36. The fourth-order valence-electron chi connectivity index (χ4n) is 1.83. The molecule has 0 aliphatic heterocycles. The highest BCUT2D eigenvalue weighted by atomic mass is 19.4. The van der Waals surface area contributed by atoms with Gasteiger partial charge in [-0.05, 0) is 17.7 Å². The molecule has 2 rings (SSSR count). The second-order valence-corrected chi connectivity index (χ2v) is 4.09. The SMILES string of the molecule is O=[N+]([O-])c1ccc(-c2cccc(F)c2F)c(C(F)(F)F)c1. The lowest BCUT2D eigenvalue weighted by atomic mass is 9.98. The summed E-state index contributed by atoms with van der Waals surface area (Å²) in [5.41, 5.74) is -3.47. The van der Waals surface area contributed by atoms with Crippen molar-refractivity contribution < 1.29 is 26.9 Å². The molecule has 0 radical (unpaired) electrons. The molecule has 0 atom stereocenters. The molecule has 0 unspecified atom stereocenters. The normalized spacial score (nSPS) is 11.5. The molecule has 0 amide bonds. The fraction of sp³-hybridized carbons (Fsp3) is 0.0769. The first kappa shape index (κ1) is 14.9. The van der Waals surface area contributed by atoms with E-state index in [0.29, 0.717) is 6.07 Å². The topological polar surface area (TPSA) is 43.1 Å². The molecule has 0 aliphatic carbocycles. The van der Waals surface area contributed by atoms with Crippen molar-refractivity contribution in [1.82, 2.24) is 0 Å². The van der Waals surface area contributed by atoms with Gasteiger partial charge in [0.05, 0.1) is 10.5 Å². The van der Waals surface area contributed by atoms with Crippen LogP contribution >= 0.6 is 0 Å². The van der Waals surface area contributed by atoms with E-state index in [1.54, 1.807) is 0 Å². The van der Waals surface area contributed by atoms with Crippen molar-refractivity contribution in [3.05, 3.63) is 63.7 Å². The summed E-state index contributed by atoms with van der Waals surface area (Å²) in [6.07, 6.45) is -4.94. The molecule has 0 spiro atoms. The van der Waals surface area contributed by atoms with Gasteiger partial charge in [-0.2, -0.15) is 13.2 Å². The number of halogens is 5. The third kappa shape index (κ3) is 2.83. The van der Waals surface area contributed by atoms with Gasteiger partial charge in [-0.25, -0.2) is 8.78 Å². The number of nitro benzene ring substituents is 1. The minimum Gasteiger partial charge on any atom is -0.258 e. The minimum absolute atomic E-state index is 0.291. The van der Waals surface area contributed by atoms with Crippen LogP contribution in [0, 0.1) is 21.7 Å². The van der Waals surface area contributed by atoms with Crippen LogP contribution in [0.1, 0.15) is 5.56 Å². The zero-order valence-electron chi connectivity index (χ0n) is 10.1. The van der Waals surface area contributed by atoms with Crippen molar-refractivity contribution in [2.24, 2.45) is 0 Å². The maximum absolute atomic E-state index is 13.6. The summed E-state index contributed by atoms with van der Waals surface area (Å²) < 4.78 is 65.7. The molecule has 3 nitrogen and oxygen atoms in total. The maximum atomic E-state index is 13.6. The number of non-ortho nitro benzene ring substituents is 1. The van der Waals surface area contributed by atoms with Gasteiger partial charge in [0.15, 0.2) is 11.6 Å². The van der Waals surface area contributed by atoms with E-state index in [-0.39, 0.29) is 0 Å². The van der Waals surface area contributed by atoms with Gasteiger partial charge in [0.25, 0.3) is 5.69 Å². The zero-order valence-corrected chi connectivity index (χ0v) is 10.1. The quantitative estimate of drug-likeness (QED) is 0.464. The first-order chi connectivity index (χ1) is 9.71. The number of alkyl halides is 3. The summed E-state index contributed by atoms with van der Waals surface area (Å²) in [5.74, 6) is -2.75. The first-order valence-electron chi connectivity index (χ1n) is 5.52. The lowest BCUT2D eigenvalue weighted by Gasteiger charge is -2.13. The monoisotopic (exact) mass is 303 g/mol. The van der Waals surface area contributed by atoms with Gasteiger partial charge >= 0.3 is 6.18 Å². The predicted octanol–water partition coefficient (Wildman–Crippen LogP) is 4.56. The van der Waals surface area contributed by atoms with Crippen molar-refractivity contribution in [1.29, 1.82) is 0 Å². The van der Waals surface area contributed by atoms with Crippen molar-refractivity contribution in [2.75, 3.05) is 0 Å². The number of benzene rings is 2. The van der Waals surface area contributed by atoms with Crippen LogP contribution in [0.4, 0.5) is 27.6 Å². The Morgan fingerprint density at radius 2 is 1.67 bits per heavy atom. The van der Waals surface area contributed by atoms with Crippen LogP contribution in [-0.4, -0.2) is 4.92 Å². The van der Waals surface area contributed by atoms with E-state index in [4.69, 9.17) is 0 Å². The number of nitro groups is 1. The Labute approximate surface area is 114 Å². The van der Waals surface area contributed by atoms with Gasteiger partial charge in [-0.3, -0.25) is 10.1 Å². The van der Waals surface area contributed by atoms with Crippen LogP contribution in [0.25, 0.3) is 11.1 Å². The molecule has 110 valence electrons. The van der Waals surface area contributed by atoms with Gasteiger partial charge in [0, 0.05) is 17.7 Å². The lowest BCUT2D eigenvalue weighted by Crippen LogP contribution is -2.08. The summed E-state index contributed by atoms with van der Waals surface area (Å²) in [7, 11) is 0. The Morgan fingerprint density at radius 1 is 1.00 bits per heavy atom. The molecule has 0 saturated heterocycles. The van der Waals surface area contributed by atoms with Crippen LogP contribution in [0.2, 0.25) is 0 Å². The summed E-state index contributed by atoms with van der Waals surface area (Å²) in [4.78, 5) is 9.55. The summed E-state index contributed by atoms with van der Waals surface area (Å²) >= 11 is 0. The standard InChI is InChI=1S/C13H6F5NO2/c14-11-3-1-2-9(12(11)15)8-5-4-7(19(20)21)6-10(8)13(16,17)18/h1-6H. The predicted molar refractivity (Wildman–Crippen MR) is 63.5 cm³/mol. The van der Waals surface area contributed by atoms with E-state index in [9.17, 15) is 32.1 Å². The number of rotatable bonds is 2. The molecule has 0 aliphatic rings. The highest BCUT2D eigenvalue weighted by Crippen LogP contribution is 2.40. The van der Waals surface area contributed by atoms with Crippen LogP contribution < -0.4 is 0 Å². The van der Waals surface area contributed by atoms with Crippen molar-refractivity contribution >= 4 is 5.69 Å². The average Bonchev–Trinajstić information content (AvgIpc) is 2.40. The minimum atomic E-state index is -4.94. The first-order valence-corrected chi connectivity index (χ1v) is 5.52. The zero-order chi connectivity index (χ0) is 15.8. The molecule has 2 aromatic carbocycles. The van der Waals surface area contributed by atoms with E-state index in [2.05, 4.69) is 0 Å². The van der Waals surface area contributed by atoms with E-state index < -0.39 is 45.1 Å². The fourth-order valence-corrected chi connectivity index (χ4v) is 1.83. The average molecular weight is 303 g/mol. The summed E-state index contributed by atoms with van der Waals surface area (Å²) in [6.45, 7) is 0. The van der Waals surface area contributed by atoms with E-state index in [0.717, 1.165) is 30.3 Å². The second-order valence-electron chi connectivity index (χ2n) is 4.09. The van der Waals surface area contributed by atoms with E-state index in [1.165, 1.54) is 0 Å². The number of hydrogen-bond donors (Lipinski definition) is 0. The Bertz CT molecular complexity index is 712. The molecule has 2 aromatic rings. The third-order valence-corrected chi connectivity index (χ3v) is 2.76. The largest absolute Gasteiger partial charge is 0.417 e. The van der Waals surface area contributed by atoms with E-state index in [1.807, 2.05) is 0 Å². The lowest BCUT2D eigenvalue weighted by molar-refractivity contribution is -0.385. The maximum Gasteiger partial charge on any atom is 0.417 e. The Hall–Kier alpha value is -2.51. The third-order valence-electron chi connectivity index (χ3n) is 2.76. The molecule has 0 bridgehead atoms. The van der Waals surface area contributed by atoms with E-state index >= 15 is 0 Å².